The minimum atomic E-state index is -0.382. The molecular formula is C11H12N2O2. The predicted molar refractivity (Wildman–Crippen MR) is 56.8 cm³/mol. The topological polar surface area (TPSA) is 55.0 Å². The van der Waals surface area contributed by atoms with Crippen LogP contribution in [0.15, 0.2) is 18.2 Å². The third-order valence-corrected chi connectivity index (χ3v) is 2.19. The molecule has 0 amide bonds. The number of esters is 1. The monoisotopic (exact) mass is 204 g/mol. The summed E-state index contributed by atoms with van der Waals surface area (Å²) >= 11 is 0. The van der Waals surface area contributed by atoms with E-state index in [0.29, 0.717) is 12.3 Å². The number of nitrogens with zero attached hydrogens (tertiary/aromatic N) is 1. The Kier molecular flexibility index (Phi) is 2.41. The molecule has 2 rings (SSSR count). The van der Waals surface area contributed by atoms with Gasteiger partial charge in [0.05, 0.1) is 12.1 Å². The Labute approximate surface area is 87.2 Å². The van der Waals surface area contributed by atoms with E-state index in [2.05, 4.69) is 10.2 Å². The Balaban J connectivity index is 2.49. The van der Waals surface area contributed by atoms with E-state index in [0.717, 1.165) is 16.5 Å². The summed E-state index contributed by atoms with van der Waals surface area (Å²) in [7, 11) is 0. The van der Waals surface area contributed by atoms with Crippen LogP contribution in [0.5, 0.6) is 0 Å². The SMILES string of the molecule is CCOC(=O)c1n[nH]c2cc(C)ccc12. The van der Waals surface area contributed by atoms with E-state index >= 15 is 0 Å². The van der Waals surface area contributed by atoms with Crippen molar-refractivity contribution in [1.82, 2.24) is 10.2 Å². The van der Waals surface area contributed by atoms with Crippen molar-refractivity contribution in [3.8, 4) is 0 Å². The Morgan fingerprint density at radius 2 is 2.33 bits per heavy atom. The van der Waals surface area contributed by atoms with Crippen molar-refractivity contribution in [3.05, 3.63) is 29.5 Å². The highest BCUT2D eigenvalue weighted by molar-refractivity contribution is 6.01. The minimum Gasteiger partial charge on any atom is -0.461 e. The Bertz CT molecular complexity index is 502. The van der Waals surface area contributed by atoms with Crippen molar-refractivity contribution in [2.24, 2.45) is 0 Å². The number of nitrogens with one attached hydrogen (secondary N) is 1. The molecule has 4 nitrogen and oxygen atoms in total. The first-order valence-electron chi connectivity index (χ1n) is 4.84. The molecule has 0 atom stereocenters. The fourth-order valence-electron chi connectivity index (χ4n) is 1.49. The zero-order chi connectivity index (χ0) is 10.8. The van der Waals surface area contributed by atoms with E-state index in [4.69, 9.17) is 4.74 Å². The van der Waals surface area contributed by atoms with Gasteiger partial charge in [0, 0.05) is 5.39 Å². The second-order valence-corrected chi connectivity index (χ2v) is 3.34. The smallest absolute Gasteiger partial charge is 0.359 e. The Morgan fingerprint density at radius 1 is 1.53 bits per heavy atom. The van der Waals surface area contributed by atoms with E-state index < -0.39 is 0 Å². The van der Waals surface area contributed by atoms with E-state index in [9.17, 15) is 4.79 Å². The zero-order valence-electron chi connectivity index (χ0n) is 8.70. The number of hydrogen-bond acceptors (Lipinski definition) is 3. The molecule has 0 aliphatic rings. The summed E-state index contributed by atoms with van der Waals surface area (Å²) in [5.74, 6) is -0.382. The number of aromatic nitrogens is 2. The van der Waals surface area contributed by atoms with Crippen LogP contribution >= 0.6 is 0 Å². The molecule has 0 aliphatic carbocycles. The molecule has 1 heterocycles. The molecule has 1 N–H and O–H groups in total. The van der Waals surface area contributed by atoms with Gasteiger partial charge in [0.1, 0.15) is 0 Å². The number of ether oxygens (including phenoxy) is 1. The first-order chi connectivity index (χ1) is 7.22. The fourth-order valence-corrected chi connectivity index (χ4v) is 1.49. The highest BCUT2D eigenvalue weighted by atomic mass is 16.5. The maximum absolute atomic E-state index is 11.5. The zero-order valence-corrected chi connectivity index (χ0v) is 8.70. The van der Waals surface area contributed by atoms with Gasteiger partial charge >= 0.3 is 5.97 Å². The second-order valence-electron chi connectivity index (χ2n) is 3.34. The van der Waals surface area contributed by atoms with Gasteiger partial charge in [0.15, 0.2) is 5.69 Å². The summed E-state index contributed by atoms with van der Waals surface area (Å²) in [5, 5.41) is 7.58. The van der Waals surface area contributed by atoms with Crippen molar-refractivity contribution in [1.29, 1.82) is 0 Å². The Morgan fingerprint density at radius 3 is 3.07 bits per heavy atom. The van der Waals surface area contributed by atoms with Crippen molar-refractivity contribution >= 4 is 16.9 Å². The number of carbonyl (C=O) groups is 1. The summed E-state index contributed by atoms with van der Waals surface area (Å²) in [5.41, 5.74) is 2.34. The van der Waals surface area contributed by atoms with Crippen molar-refractivity contribution in [2.45, 2.75) is 13.8 Å². The first-order valence-corrected chi connectivity index (χ1v) is 4.84. The molecular weight excluding hydrogens is 192 g/mol. The van der Waals surface area contributed by atoms with Gasteiger partial charge < -0.3 is 4.74 Å². The molecule has 0 bridgehead atoms. The van der Waals surface area contributed by atoms with Crippen molar-refractivity contribution in [2.75, 3.05) is 6.61 Å². The molecule has 0 radical (unpaired) electrons. The molecule has 0 spiro atoms. The summed E-state index contributed by atoms with van der Waals surface area (Å²) in [4.78, 5) is 11.5. The number of fused-ring (bicyclic) bond motifs is 1. The van der Waals surface area contributed by atoms with Crippen molar-refractivity contribution in [3.63, 3.8) is 0 Å². The number of hydrogen-bond donors (Lipinski definition) is 1. The summed E-state index contributed by atoms with van der Waals surface area (Å²) < 4.78 is 4.90. The third kappa shape index (κ3) is 1.70. The number of aromatic amines is 1. The van der Waals surface area contributed by atoms with E-state index in [-0.39, 0.29) is 5.97 Å². The van der Waals surface area contributed by atoms with Crippen LogP contribution in [0, 0.1) is 6.92 Å². The maximum atomic E-state index is 11.5. The number of benzene rings is 1. The molecule has 0 aliphatic heterocycles. The summed E-state index contributed by atoms with van der Waals surface area (Å²) in [6.07, 6.45) is 0. The molecule has 15 heavy (non-hydrogen) atoms. The van der Waals surface area contributed by atoms with Crippen LogP contribution < -0.4 is 0 Å². The van der Waals surface area contributed by atoms with Crippen LogP contribution in [0.2, 0.25) is 0 Å². The van der Waals surface area contributed by atoms with Gasteiger partial charge in [0.2, 0.25) is 0 Å². The van der Waals surface area contributed by atoms with Crippen molar-refractivity contribution < 1.29 is 9.53 Å². The predicted octanol–water partition coefficient (Wildman–Crippen LogP) is 2.05. The lowest BCUT2D eigenvalue weighted by molar-refractivity contribution is 0.0521. The molecule has 78 valence electrons. The lowest BCUT2D eigenvalue weighted by Crippen LogP contribution is -2.05. The molecule has 2 aromatic rings. The third-order valence-electron chi connectivity index (χ3n) is 2.19. The maximum Gasteiger partial charge on any atom is 0.359 e. The fraction of sp³-hybridized carbons (Fsp3) is 0.273. The molecule has 1 aromatic carbocycles. The minimum absolute atomic E-state index is 0.354. The van der Waals surface area contributed by atoms with Crippen LogP contribution in [-0.4, -0.2) is 22.8 Å². The highest BCUT2D eigenvalue weighted by Gasteiger charge is 2.14. The average molecular weight is 204 g/mol. The summed E-state index contributed by atoms with van der Waals surface area (Å²) in [6.45, 7) is 4.13. The number of aryl methyl sites for hydroxylation is 1. The number of rotatable bonds is 2. The molecule has 0 fully saturated rings. The van der Waals surface area contributed by atoms with Gasteiger partial charge in [0.25, 0.3) is 0 Å². The lowest BCUT2D eigenvalue weighted by atomic mass is 10.1. The van der Waals surface area contributed by atoms with Gasteiger partial charge in [-0.25, -0.2) is 4.79 Å². The van der Waals surface area contributed by atoms with Gasteiger partial charge in [-0.2, -0.15) is 5.10 Å². The number of H-pyrrole nitrogens is 1. The van der Waals surface area contributed by atoms with Crippen LogP contribution in [0.25, 0.3) is 10.9 Å². The van der Waals surface area contributed by atoms with E-state index in [1.165, 1.54) is 0 Å². The first kappa shape index (κ1) is 9.71. The molecule has 0 saturated heterocycles. The molecule has 0 unspecified atom stereocenters. The van der Waals surface area contributed by atoms with Crippen LogP contribution in [0.1, 0.15) is 23.0 Å². The lowest BCUT2D eigenvalue weighted by Gasteiger charge is -1.98. The normalized spacial score (nSPS) is 10.5. The van der Waals surface area contributed by atoms with Gasteiger partial charge in [-0.1, -0.05) is 12.1 Å². The van der Waals surface area contributed by atoms with Gasteiger partial charge in [-0.05, 0) is 25.5 Å². The summed E-state index contributed by atoms with van der Waals surface area (Å²) in [6, 6.07) is 5.77. The van der Waals surface area contributed by atoms with Gasteiger partial charge in [-0.3, -0.25) is 5.10 Å². The second kappa shape index (κ2) is 3.73. The Hall–Kier alpha value is -1.84. The van der Waals surface area contributed by atoms with Gasteiger partial charge in [-0.15, -0.1) is 0 Å². The highest BCUT2D eigenvalue weighted by Crippen LogP contribution is 2.17. The van der Waals surface area contributed by atoms with Crippen LogP contribution in [-0.2, 0) is 4.74 Å². The molecule has 4 heteroatoms. The average Bonchev–Trinajstić information content (AvgIpc) is 2.60. The van der Waals surface area contributed by atoms with E-state index in [1.54, 1.807) is 6.92 Å². The van der Waals surface area contributed by atoms with Crippen LogP contribution in [0.4, 0.5) is 0 Å². The standard InChI is InChI=1S/C11H12N2O2/c1-3-15-11(14)10-8-5-4-7(2)6-9(8)12-13-10/h4-6H,3H2,1-2H3,(H,12,13). The largest absolute Gasteiger partial charge is 0.461 e. The molecule has 0 saturated carbocycles. The van der Waals surface area contributed by atoms with Crippen LogP contribution in [0.3, 0.4) is 0 Å². The number of carbonyl (C=O) groups excluding carboxylic acids is 1. The van der Waals surface area contributed by atoms with E-state index in [1.807, 2.05) is 25.1 Å². The molecule has 1 aromatic heterocycles. The quantitative estimate of drug-likeness (QED) is 0.761.